The minimum absolute atomic E-state index is 0.0738. The van der Waals surface area contributed by atoms with E-state index in [4.69, 9.17) is 0 Å². The van der Waals surface area contributed by atoms with Crippen molar-refractivity contribution >= 4 is 141 Å². The Morgan fingerprint density at radius 2 is 0.428 bits per heavy atom. The fraction of sp³-hybridized carbons (Fsp3) is 0.143. The number of hydrogen-bond acceptors (Lipinski definition) is 6. The summed E-state index contributed by atoms with van der Waals surface area (Å²) in [7, 11) is 0. The van der Waals surface area contributed by atoms with Gasteiger partial charge in [0.2, 0.25) is 20.1 Å². The van der Waals surface area contributed by atoms with Gasteiger partial charge in [0.15, 0.2) is 0 Å². The number of nitrogens with zero attached hydrogens (tertiary/aromatic N) is 6. The van der Waals surface area contributed by atoms with Crippen molar-refractivity contribution in [2.75, 3.05) is 29.4 Å². The molecule has 7 aromatic rings. The molecule has 0 saturated carbocycles. The van der Waals surface area contributed by atoms with Gasteiger partial charge >= 0.3 is 0 Å². The first-order valence-corrected chi connectivity index (χ1v) is 52.5. The molecule has 0 aromatic heterocycles. The van der Waals surface area contributed by atoms with E-state index in [1.807, 2.05) is 0 Å². The van der Waals surface area contributed by atoms with Gasteiger partial charge in [-0.3, -0.25) is 0 Å². The smallest absolute Gasteiger partial charge is 0.252 e. The van der Waals surface area contributed by atoms with Gasteiger partial charge in [-0.1, -0.05) is 445 Å². The van der Waals surface area contributed by atoms with Crippen molar-refractivity contribution in [3.8, 4) is 0 Å². The Hall–Kier alpha value is -15.6. The van der Waals surface area contributed by atoms with Crippen LogP contribution >= 0.6 is 0 Å². The molecule has 0 fully saturated rings. The van der Waals surface area contributed by atoms with Gasteiger partial charge in [-0.15, -0.1) is 0 Å². The van der Waals surface area contributed by atoms with Crippen molar-refractivity contribution in [3.63, 3.8) is 0 Å². The maximum atomic E-state index is 2.97. The second-order valence-corrected chi connectivity index (χ2v) is 46.3. The molecule has 0 radical (unpaired) electrons. The maximum Gasteiger partial charge on any atom is 0.252 e. The molecule has 0 unspecified atom stereocenters. The Morgan fingerprint density at radius 1 is 0.186 bits per heavy atom. The predicted molar refractivity (Wildman–Crippen MR) is 616 cm³/mol. The molecule has 684 valence electrons. The van der Waals surface area contributed by atoms with E-state index >= 15 is 0 Å². The van der Waals surface area contributed by atoms with Crippen molar-refractivity contribution in [1.29, 1.82) is 0 Å². The summed E-state index contributed by atoms with van der Waals surface area (Å²) in [5, 5.41) is 0. The highest BCUT2D eigenvalue weighted by Gasteiger charge is 2.69. The third-order valence-corrected chi connectivity index (χ3v) is 37.2. The lowest BCUT2D eigenvalue weighted by Gasteiger charge is -2.58. The Kier molecular flexibility index (Phi) is 16.7. The Bertz CT molecular complexity index is 8790. The third kappa shape index (κ3) is 10.5. The molecule has 0 N–H and O–H groups in total. The van der Waals surface area contributed by atoms with Crippen LogP contribution in [0.2, 0.25) is 0 Å². The fourth-order valence-electron chi connectivity index (χ4n) is 31.1. The Morgan fingerprint density at radius 3 is 0.738 bits per heavy atom. The Labute approximate surface area is 854 Å². The SMILES string of the molecule is CC1=CC2=C(B3C4=C(N5C6=C(B7C8=C(N9C%10=C(B%11C%12=C(N2c2c3c5c7c9c2%11)C(C)(C)C(c2ccccc2)=C%12)C(C)(C)C(c2ccc(C3=C/C=C\C5=C(C=C3)N3C7=C(/C=C\C=C/C=C7)B7C9=C(/C=C\C=C/C=C9)N9C%11=C(/C=C\C=C/C=C%11)B%11C%12=C(/C=C\C=C/C=C%12)N%12C%13=C(/C=C\C=C/C=C%13)B5c5c3c7c9c%11c5%12)cc2)=C%10)C(C)(C)C(c2ccccc2)=C8)C(C)(C)C(c2ccccc2)=C6)C(C)(C)C(c2ccccc2)=C4)C1(C)C. The standard InChI is InChI=1S/C133H104B6N6/c1-79-73-107-122(128(79,2)3)137-98-74-87(82-47-28-24-29-48-82)132(10,11)126(98)144-108-77-90(85-53-34-27-35-54-85)129(4,5)123(108)139-100-76-89(84-51-32-26-33-52-84)133(12,13)127(100)145-109-78-91(130(6,7)124(109)138-99-75-88(83-49-30-25-31-50-83)131(8,9)125(99)143(107)119-113(137)120(144)115(139)121(145)114(119)138)86-69-67-81(68-70-86)80-55-46-61-97-106(72-71-80)142-105-66-45-23-18-40-60-96(105)135-94-58-38-16-21-43-64-103(94)140-101-62-41-19-14-36-56-92(101)134-93-57-37-15-20-42-63-102(93)141-104-65-44-22-17-39-59-95(104)136(97)112-117(141)110(134)116(140)111(135)118(112)142/h14-78H,1-13H3/b19-14-,20-15-,21-16-,22-17-,23-18-,36-14?,37-15?,38-16?,39-17?,40-18?,41-19?,42-20?,43-21?,44-22?,45-23?,55-46?,56-36-,57-37?,58-38?,59-39-,60-40-,61-46-,62-41?,63-42-,64-43-,65-44?,66-45?,72-71?,80-55?,80-71?,92-56?,93-57?,94-58?,95-59?,96-60?,97-61?,101-62?,102-63?,103-64?,104-65?,105-66?,106-72?. The van der Waals surface area contributed by atoms with Crippen LogP contribution in [-0.2, 0) is 0 Å². The predicted octanol–water partition coefficient (Wildman–Crippen LogP) is 25.6. The highest BCUT2D eigenvalue weighted by Crippen LogP contribution is 2.71. The van der Waals surface area contributed by atoms with Crippen LogP contribution in [0.5, 0.6) is 0 Å². The molecule has 12 heteroatoms. The summed E-state index contributed by atoms with van der Waals surface area (Å²) in [6.45, 7) is 32.7. The van der Waals surface area contributed by atoms with E-state index < -0.39 is 27.1 Å². The number of fused-ring (bicyclic) bond motifs is 24. The summed E-state index contributed by atoms with van der Waals surface area (Å²) in [5.74, 6) is 0. The van der Waals surface area contributed by atoms with Crippen LogP contribution in [0.25, 0.3) is 33.4 Å². The van der Waals surface area contributed by atoms with Gasteiger partial charge in [0, 0.05) is 135 Å². The lowest BCUT2D eigenvalue weighted by atomic mass is 9.22. The molecule has 7 aromatic carbocycles. The Balaban J connectivity index is 0.618. The zero-order valence-electron chi connectivity index (χ0n) is 84.2. The molecule has 0 bridgehead atoms. The van der Waals surface area contributed by atoms with E-state index in [1.165, 1.54) is 262 Å². The number of allylic oxidation sites excluding steroid dienone is 60. The van der Waals surface area contributed by atoms with Gasteiger partial charge in [-0.2, -0.15) is 0 Å². The first kappa shape index (κ1) is 83.9. The van der Waals surface area contributed by atoms with Gasteiger partial charge in [-0.05, 0) is 210 Å². The normalized spacial score (nSPS) is 25.4. The maximum absolute atomic E-state index is 2.97. The van der Waals surface area contributed by atoms with Gasteiger partial charge < -0.3 is 29.4 Å². The van der Waals surface area contributed by atoms with Crippen molar-refractivity contribution in [1.82, 2.24) is 0 Å². The van der Waals surface area contributed by atoms with Gasteiger partial charge in [0.1, 0.15) is 0 Å². The van der Waals surface area contributed by atoms with Crippen molar-refractivity contribution < 1.29 is 0 Å². The largest absolute Gasteiger partial charge is 0.316 e. The second-order valence-electron chi connectivity index (χ2n) is 46.3. The summed E-state index contributed by atoms with van der Waals surface area (Å²) in [6, 6.07) is 55.8. The molecular formula is C133H104B6N6. The first-order chi connectivity index (χ1) is 70.6. The highest BCUT2D eigenvalue weighted by atomic mass is 15.3. The lowest BCUT2D eigenvalue weighted by molar-refractivity contribution is 0.565. The van der Waals surface area contributed by atoms with Crippen LogP contribution in [0.4, 0.5) is 34.1 Å². The van der Waals surface area contributed by atoms with Crippen LogP contribution < -0.4 is 62.2 Å². The van der Waals surface area contributed by atoms with Crippen LogP contribution in [0.15, 0.2) is 534 Å². The minimum Gasteiger partial charge on any atom is -0.316 e. The van der Waals surface area contributed by atoms with E-state index in [9.17, 15) is 0 Å². The van der Waals surface area contributed by atoms with Gasteiger partial charge in [-0.25, -0.2) is 0 Å². The molecule has 12 heterocycles. The van der Waals surface area contributed by atoms with Gasteiger partial charge in [0.05, 0.1) is 0 Å². The van der Waals surface area contributed by atoms with Crippen molar-refractivity contribution in [2.24, 2.45) is 32.5 Å². The quantitative estimate of drug-likeness (QED) is 0.154. The lowest BCUT2D eigenvalue weighted by Crippen LogP contribution is -2.68. The van der Waals surface area contributed by atoms with E-state index in [0.29, 0.717) is 0 Å². The monoisotopic (exact) mass is 1850 g/mol. The molecule has 145 heavy (non-hydrogen) atoms. The van der Waals surface area contributed by atoms with Crippen molar-refractivity contribution in [3.05, 3.63) is 568 Å². The summed E-state index contributed by atoms with van der Waals surface area (Å²) >= 11 is 0. The first-order valence-electron chi connectivity index (χ1n) is 52.5. The van der Waals surface area contributed by atoms with E-state index in [0.717, 1.165) is 11.1 Å². The number of anilines is 6. The van der Waals surface area contributed by atoms with Crippen molar-refractivity contribution in [2.45, 2.75) is 90.0 Å². The van der Waals surface area contributed by atoms with Gasteiger partial charge in [0.25, 0.3) is 20.1 Å². The van der Waals surface area contributed by atoms with Crippen LogP contribution in [0.3, 0.4) is 0 Å². The number of rotatable bonds is 6. The van der Waals surface area contributed by atoms with Crippen LogP contribution in [0.1, 0.15) is 123 Å². The third-order valence-electron chi connectivity index (χ3n) is 37.2. The zero-order chi connectivity index (χ0) is 97.2. The molecule has 12 aliphatic heterocycles. The molecule has 0 atom stereocenters. The van der Waals surface area contributed by atoms with Crippen LogP contribution in [0, 0.1) is 32.5 Å². The highest BCUT2D eigenvalue weighted by molar-refractivity contribution is 7.02. The molecule has 12 aliphatic carbocycles. The summed E-state index contributed by atoms with van der Waals surface area (Å²) in [4.78, 5) is 17.0. The van der Waals surface area contributed by atoms with Crippen LogP contribution in [-0.4, -0.2) is 40.3 Å². The zero-order valence-corrected chi connectivity index (χ0v) is 84.2. The number of hydrogen-bond donors (Lipinski definition) is 0. The van der Waals surface area contributed by atoms with E-state index in [1.54, 1.807) is 0 Å². The molecule has 6 nitrogen and oxygen atoms in total. The average molecular weight is 1850 g/mol. The second kappa shape index (κ2) is 28.9. The average Bonchev–Trinajstić information content (AvgIpc) is 1.51. The minimum atomic E-state index is -0.538. The number of benzene rings is 7. The van der Waals surface area contributed by atoms with E-state index in [-0.39, 0.29) is 45.7 Å². The topological polar surface area (TPSA) is 19.4 Å². The van der Waals surface area contributed by atoms with E-state index in [2.05, 4.69) is 514 Å². The molecule has 0 amide bonds. The summed E-state index contributed by atoms with van der Waals surface area (Å²) in [6.07, 6.45) is 97.3. The summed E-state index contributed by atoms with van der Waals surface area (Å²) < 4.78 is 0. The molecule has 24 aliphatic rings. The molecule has 0 spiro atoms. The molecule has 31 rings (SSSR count). The molecule has 0 saturated heterocycles. The fourth-order valence-corrected chi connectivity index (χ4v) is 31.1. The summed E-state index contributed by atoms with van der Waals surface area (Å²) in [5.41, 5.74) is 62.4. The molecular weight excluding hydrogens is 1750 g/mol.